The molecule has 1 aliphatic carbocycles. The second-order valence-corrected chi connectivity index (χ2v) is 18.7. The Kier molecular flexibility index (Phi) is 20.1. The van der Waals surface area contributed by atoms with Crippen LogP contribution in [0.3, 0.4) is 0 Å². The van der Waals surface area contributed by atoms with Gasteiger partial charge in [-0.25, -0.2) is 11.6 Å². The summed E-state index contributed by atoms with van der Waals surface area (Å²) < 4.78 is 0. The van der Waals surface area contributed by atoms with Crippen LogP contribution in [-0.2, 0) is 26.2 Å². The van der Waals surface area contributed by atoms with Crippen LogP contribution < -0.4 is 13.3 Å². The van der Waals surface area contributed by atoms with E-state index in [1.807, 2.05) is 0 Å². The average Bonchev–Trinajstić information content (AvgIpc) is 2.54. The maximum atomic E-state index is 3.30. The average molecular weight is 593 g/mol. The Morgan fingerprint density at radius 2 is 2.15 bits per heavy atom. The van der Waals surface area contributed by atoms with E-state index in [2.05, 4.69) is 62.4 Å². The molecule has 0 fully saturated rings. The van der Waals surface area contributed by atoms with Gasteiger partial charge in [0.1, 0.15) is 0 Å². The van der Waals surface area contributed by atoms with Gasteiger partial charge < -0.3 is 0 Å². The van der Waals surface area contributed by atoms with Crippen LogP contribution in [0.1, 0.15) is 32.6 Å². The summed E-state index contributed by atoms with van der Waals surface area (Å²) in [5.41, 5.74) is 1.41. The molecule has 0 bridgehead atoms. The van der Waals surface area contributed by atoms with E-state index >= 15 is 0 Å². The summed E-state index contributed by atoms with van der Waals surface area (Å²) in [6.45, 7) is 2.22. The third-order valence-corrected chi connectivity index (χ3v) is 1.57. The fourth-order valence-electron chi connectivity index (χ4n) is 0.989. The zero-order valence-electron chi connectivity index (χ0n) is 7.62. The predicted octanol–water partition coefficient (Wildman–Crippen LogP) is 1.64. The van der Waals surface area contributed by atoms with E-state index in [0.717, 1.165) is 6.42 Å². The van der Waals surface area contributed by atoms with E-state index in [9.17, 15) is 0 Å². The van der Waals surface area contributed by atoms with Gasteiger partial charge in [0.25, 0.3) is 0 Å². The van der Waals surface area contributed by atoms with Crippen molar-refractivity contribution in [2.24, 2.45) is 0 Å². The number of hydrogen-bond donors (Lipinski definition) is 0. The van der Waals surface area contributed by atoms with Crippen LogP contribution in [-0.4, -0.2) is 0 Å². The Morgan fingerprint density at radius 3 is 2.54 bits per heavy atom. The molecule has 0 radical (unpaired) electrons. The first kappa shape index (κ1) is 17.9. The zero-order chi connectivity index (χ0) is 9.23. The van der Waals surface area contributed by atoms with Gasteiger partial charge in [-0.15, -0.1) is 6.42 Å². The Bertz CT molecular complexity index is 155. The first-order valence-corrected chi connectivity index (χ1v) is 16.6. The minimum Gasteiger partial charge on any atom is 0 e. The summed E-state index contributed by atoms with van der Waals surface area (Å²) in [7, 11) is 0. The Labute approximate surface area is 131 Å². The molecule has 1 rings (SSSR count). The summed E-state index contributed by atoms with van der Waals surface area (Å²) in [6.07, 6.45) is 12.5. The molecule has 0 heterocycles. The molecule has 0 saturated carbocycles. The SMILES string of the molecule is CCCCC1=[C-]CC=C1.I[I-]I.[Zr]. The molecule has 0 unspecified atom stereocenters. The van der Waals surface area contributed by atoms with Crippen molar-refractivity contribution in [3.63, 3.8) is 0 Å². The molecular weight excluding hydrogens is 580 g/mol. The van der Waals surface area contributed by atoms with Crippen LogP contribution in [0.25, 0.3) is 0 Å². The van der Waals surface area contributed by atoms with Gasteiger partial charge in [-0.2, -0.15) is 6.08 Å². The van der Waals surface area contributed by atoms with Crippen molar-refractivity contribution in [1.29, 1.82) is 0 Å². The number of unbranched alkanes of at least 4 members (excludes halogenated alkanes) is 1. The molecule has 13 heavy (non-hydrogen) atoms. The molecule has 0 aromatic carbocycles. The van der Waals surface area contributed by atoms with Gasteiger partial charge in [-0.1, -0.05) is 26.2 Å². The smallest absolute Gasteiger partial charge is 0 e. The zero-order valence-corrected chi connectivity index (χ0v) is 16.5. The van der Waals surface area contributed by atoms with Gasteiger partial charge in [-0.3, -0.25) is 6.08 Å². The first-order valence-electron chi connectivity index (χ1n) is 3.98. The van der Waals surface area contributed by atoms with Crippen LogP contribution in [0.5, 0.6) is 0 Å². The third-order valence-electron chi connectivity index (χ3n) is 1.57. The van der Waals surface area contributed by atoms with Crippen LogP contribution in [0.2, 0.25) is 0 Å². The van der Waals surface area contributed by atoms with Crippen molar-refractivity contribution in [1.82, 2.24) is 0 Å². The molecule has 0 spiro atoms. The van der Waals surface area contributed by atoms with Gasteiger partial charge in [0.15, 0.2) is 0 Å². The van der Waals surface area contributed by atoms with Crippen molar-refractivity contribution in [2.45, 2.75) is 32.6 Å². The summed E-state index contributed by atoms with van der Waals surface area (Å²) in [4.78, 5) is 0. The number of hydrogen-bond acceptors (Lipinski definition) is 0. The Morgan fingerprint density at radius 1 is 1.54 bits per heavy atom. The summed E-state index contributed by atoms with van der Waals surface area (Å²) >= 11 is 5.30. The first-order chi connectivity index (χ1) is 5.85. The molecular formula is C9H13I3Zr-2. The van der Waals surface area contributed by atoms with E-state index in [1.54, 1.807) is 0 Å². The summed E-state index contributed by atoms with van der Waals surface area (Å²) in [5, 5.41) is 0. The number of allylic oxidation sites excluding steroid dienone is 4. The second-order valence-electron chi connectivity index (χ2n) is 2.47. The molecule has 0 N–H and O–H groups in total. The second kappa shape index (κ2) is 14.6. The minimum atomic E-state index is 0. The standard InChI is InChI=1S/C9H13.I3.Zr/c1-2-3-6-9-7-4-5-8-9;1-3-2;/h4,7H,2-3,5-6H2,1H3;;/q2*-1;. The third kappa shape index (κ3) is 12.5. The molecule has 0 aliphatic heterocycles. The summed E-state index contributed by atoms with van der Waals surface area (Å²) in [5.74, 6) is 0. The molecule has 0 nitrogen and oxygen atoms in total. The molecule has 0 saturated heterocycles. The fraction of sp³-hybridized carbons (Fsp3) is 0.556. The maximum Gasteiger partial charge on any atom is 0 e. The Hall–Kier alpha value is 2.55. The summed E-state index contributed by atoms with van der Waals surface area (Å²) in [6, 6.07) is 0. The van der Waals surface area contributed by atoms with Gasteiger partial charge in [0, 0.05) is 26.2 Å². The van der Waals surface area contributed by atoms with Crippen LogP contribution >= 0.6 is 37.2 Å². The van der Waals surface area contributed by atoms with Crippen molar-refractivity contribution in [2.75, 3.05) is 0 Å². The molecule has 1 aliphatic rings. The quantitative estimate of drug-likeness (QED) is 0.345. The molecule has 76 valence electrons. The largest absolute Gasteiger partial charge is 0 e. The van der Waals surface area contributed by atoms with Gasteiger partial charge in [-0.05, 0) is 0 Å². The molecule has 0 amide bonds. The van der Waals surface area contributed by atoms with Crippen molar-refractivity contribution in [3.8, 4) is 0 Å². The van der Waals surface area contributed by atoms with E-state index in [4.69, 9.17) is 0 Å². The maximum absolute atomic E-state index is 3.30. The van der Waals surface area contributed by atoms with Crippen molar-refractivity contribution >= 4 is 37.2 Å². The van der Waals surface area contributed by atoms with Crippen molar-refractivity contribution < 1.29 is 39.5 Å². The normalized spacial score (nSPS) is 13.0. The monoisotopic (exact) mass is 592 g/mol. The topological polar surface area (TPSA) is 0 Å². The van der Waals surface area contributed by atoms with Crippen LogP contribution in [0, 0.1) is 6.08 Å². The molecule has 0 atom stereocenters. The van der Waals surface area contributed by atoms with E-state index in [1.165, 1.54) is 24.8 Å². The Balaban J connectivity index is 0. The molecule has 0 aromatic heterocycles. The van der Waals surface area contributed by atoms with E-state index < -0.39 is 0 Å². The molecule has 0 aromatic rings. The van der Waals surface area contributed by atoms with Gasteiger partial charge >= 0.3 is 50.5 Å². The number of rotatable bonds is 3. The number of halogens is 3. The van der Waals surface area contributed by atoms with Gasteiger partial charge in [0.05, 0.1) is 0 Å². The van der Waals surface area contributed by atoms with E-state index in [0.29, 0.717) is 13.3 Å². The fourth-order valence-corrected chi connectivity index (χ4v) is 0.989. The van der Waals surface area contributed by atoms with Crippen LogP contribution in [0.4, 0.5) is 0 Å². The molecule has 4 heteroatoms. The van der Waals surface area contributed by atoms with E-state index in [-0.39, 0.29) is 26.2 Å². The van der Waals surface area contributed by atoms with Crippen molar-refractivity contribution in [3.05, 3.63) is 23.8 Å². The van der Waals surface area contributed by atoms with Gasteiger partial charge in [0.2, 0.25) is 0 Å². The van der Waals surface area contributed by atoms with Crippen LogP contribution in [0.15, 0.2) is 17.7 Å². The predicted molar refractivity (Wildman–Crippen MR) is 68.1 cm³/mol. The minimum absolute atomic E-state index is 0.